The lowest BCUT2D eigenvalue weighted by atomic mass is 10.1. The van der Waals surface area contributed by atoms with Gasteiger partial charge in [-0.15, -0.1) is 0 Å². The van der Waals surface area contributed by atoms with Gasteiger partial charge in [-0.2, -0.15) is 4.98 Å². The standard InChI is InChI=1S/C14H12FN3O/c15-10-3-1-9(2-4-10)11-5-6-12-14(17-11)18-13(19-12)7-8-16/h1-6H,7-8,16H2. The summed E-state index contributed by atoms with van der Waals surface area (Å²) in [4.78, 5) is 8.68. The highest BCUT2D eigenvalue weighted by atomic mass is 19.1. The number of halogens is 1. The van der Waals surface area contributed by atoms with E-state index in [2.05, 4.69) is 9.97 Å². The average Bonchev–Trinajstić information content (AvgIpc) is 2.81. The van der Waals surface area contributed by atoms with Crippen molar-refractivity contribution in [3.63, 3.8) is 0 Å². The predicted molar refractivity (Wildman–Crippen MR) is 70.0 cm³/mol. The molecule has 2 heterocycles. The third kappa shape index (κ3) is 2.32. The van der Waals surface area contributed by atoms with E-state index in [4.69, 9.17) is 10.2 Å². The lowest BCUT2D eigenvalue weighted by molar-refractivity contribution is 0.531. The molecule has 1 aromatic carbocycles. The SMILES string of the molecule is NCCc1nc2nc(-c3ccc(F)cc3)ccc2o1. The van der Waals surface area contributed by atoms with Gasteiger partial charge in [0, 0.05) is 18.5 Å². The Bertz CT molecular complexity index is 706. The van der Waals surface area contributed by atoms with Gasteiger partial charge in [-0.05, 0) is 36.4 Å². The van der Waals surface area contributed by atoms with Crippen molar-refractivity contribution in [2.75, 3.05) is 6.54 Å². The Morgan fingerprint density at radius 3 is 2.58 bits per heavy atom. The molecular formula is C14H12FN3O. The molecule has 0 radical (unpaired) electrons. The highest BCUT2D eigenvalue weighted by Gasteiger charge is 2.08. The van der Waals surface area contributed by atoms with Crippen LogP contribution >= 0.6 is 0 Å². The van der Waals surface area contributed by atoms with E-state index in [1.807, 2.05) is 12.1 Å². The van der Waals surface area contributed by atoms with Gasteiger partial charge in [0.25, 0.3) is 0 Å². The van der Waals surface area contributed by atoms with Crippen LogP contribution < -0.4 is 5.73 Å². The number of rotatable bonds is 3. The van der Waals surface area contributed by atoms with E-state index in [1.165, 1.54) is 12.1 Å². The van der Waals surface area contributed by atoms with Crippen molar-refractivity contribution in [1.29, 1.82) is 0 Å². The number of nitrogens with zero attached hydrogens (tertiary/aromatic N) is 2. The fourth-order valence-corrected chi connectivity index (χ4v) is 1.88. The fraction of sp³-hybridized carbons (Fsp3) is 0.143. The molecule has 2 aromatic heterocycles. The maximum absolute atomic E-state index is 12.9. The molecule has 96 valence electrons. The molecule has 0 saturated carbocycles. The zero-order valence-electron chi connectivity index (χ0n) is 10.1. The van der Waals surface area contributed by atoms with Gasteiger partial charge in [0.2, 0.25) is 0 Å². The first-order valence-corrected chi connectivity index (χ1v) is 5.99. The number of benzene rings is 1. The molecule has 19 heavy (non-hydrogen) atoms. The van der Waals surface area contributed by atoms with Crippen molar-refractivity contribution < 1.29 is 8.81 Å². The van der Waals surface area contributed by atoms with Gasteiger partial charge < -0.3 is 10.2 Å². The van der Waals surface area contributed by atoms with Gasteiger partial charge in [0.15, 0.2) is 17.1 Å². The molecule has 0 fully saturated rings. The number of fused-ring (bicyclic) bond motifs is 1. The van der Waals surface area contributed by atoms with Crippen LogP contribution in [0.25, 0.3) is 22.5 Å². The Labute approximate surface area is 109 Å². The van der Waals surface area contributed by atoms with E-state index < -0.39 is 0 Å². The number of pyridine rings is 1. The fourth-order valence-electron chi connectivity index (χ4n) is 1.88. The zero-order chi connectivity index (χ0) is 13.2. The van der Waals surface area contributed by atoms with Crippen LogP contribution in [0.3, 0.4) is 0 Å². The van der Waals surface area contributed by atoms with E-state index in [0.717, 1.165) is 11.3 Å². The number of hydrogen-bond donors (Lipinski definition) is 1. The zero-order valence-corrected chi connectivity index (χ0v) is 10.1. The van der Waals surface area contributed by atoms with Crippen LogP contribution in [0.5, 0.6) is 0 Å². The quantitative estimate of drug-likeness (QED) is 0.783. The van der Waals surface area contributed by atoms with Gasteiger partial charge in [-0.3, -0.25) is 0 Å². The van der Waals surface area contributed by atoms with Gasteiger partial charge in [0.05, 0.1) is 5.69 Å². The molecule has 0 atom stereocenters. The molecule has 4 nitrogen and oxygen atoms in total. The molecule has 0 amide bonds. The molecule has 3 rings (SSSR count). The summed E-state index contributed by atoms with van der Waals surface area (Å²) in [5, 5.41) is 0. The average molecular weight is 257 g/mol. The summed E-state index contributed by atoms with van der Waals surface area (Å²) in [5.74, 6) is 0.317. The lowest BCUT2D eigenvalue weighted by Gasteiger charge is -1.99. The molecule has 0 bridgehead atoms. The van der Waals surface area contributed by atoms with Crippen LogP contribution in [0.1, 0.15) is 5.89 Å². The summed E-state index contributed by atoms with van der Waals surface area (Å²) in [7, 11) is 0. The minimum atomic E-state index is -0.267. The molecule has 2 N–H and O–H groups in total. The van der Waals surface area contributed by atoms with E-state index in [9.17, 15) is 4.39 Å². The van der Waals surface area contributed by atoms with Crippen molar-refractivity contribution in [3.05, 3.63) is 48.1 Å². The highest BCUT2D eigenvalue weighted by Crippen LogP contribution is 2.21. The monoisotopic (exact) mass is 257 g/mol. The smallest absolute Gasteiger partial charge is 0.199 e. The third-order valence-electron chi connectivity index (χ3n) is 2.80. The minimum absolute atomic E-state index is 0.267. The van der Waals surface area contributed by atoms with Crippen molar-refractivity contribution in [2.45, 2.75) is 6.42 Å². The van der Waals surface area contributed by atoms with Crippen molar-refractivity contribution in [3.8, 4) is 11.3 Å². The van der Waals surface area contributed by atoms with Crippen LogP contribution in [-0.4, -0.2) is 16.5 Å². The van der Waals surface area contributed by atoms with Crippen molar-refractivity contribution in [1.82, 2.24) is 9.97 Å². The summed E-state index contributed by atoms with van der Waals surface area (Å²) >= 11 is 0. The number of hydrogen-bond acceptors (Lipinski definition) is 4. The van der Waals surface area contributed by atoms with Crippen LogP contribution in [0, 0.1) is 5.82 Å². The first-order chi connectivity index (χ1) is 9.26. The first kappa shape index (κ1) is 11.8. The maximum atomic E-state index is 12.9. The van der Waals surface area contributed by atoms with Gasteiger partial charge >= 0.3 is 0 Å². The Morgan fingerprint density at radius 2 is 1.84 bits per heavy atom. The van der Waals surface area contributed by atoms with Gasteiger partial charge in [-0.1, -0.05) is 0 Å². The number of oxazole rings is 1. The maximum Gasteiger partial charge on any atom is 0.199 e. The highest BCUT2D eigenvalue weighted by molar-refractivity contribution is 5.73. The largest absolute Gasteiger partial charge is 0.439 e. The Kier molecular flexibility index (Phi) is 2.97. The molecule has 0 aliphatic heterocycles. The van der Waals surface area contributed by atoms with Crippen LogP contribution in [-0.2, 0) is 6.42 Å². The van der Waals surface area contributed by atoms with Crippen molar-refractivity contribution in [2.24, 2.45) is 5.73 Å². The summed E-state index contributed by atoms with van der Waals surface area (Å²) in [6.45, 7) is 0.484. The summed E-state index contributed by atoms with van der Waals surface area (Å²) in [6, 6.07) is 9.82. The first-order valence-electron chi connectivity index (χ1n) is 5.99. The summed E-state index contributed by atoms with van der Waals surface area (Å²) in [6.07, 6.45) is 0.586. The van der Waals surface area contributed by atoms with E-state index in [-0.39, 0.29) is 5.82 Å². The van der Waals surface area contributed by atoms with Crippen LogP contribution in [0.4, 0.5) is 4.39 Å². The van der Waals surface area contributed by atoms with Crippen LogP contribution in [0.2, 0.25) is 0 Å². The van der Waals surface area contributed by atoms with E-state index in [1.54, 1.807) is 12.1 Å². The second-order valence-electron chi connectivity index (χ2n) is 4.17. The second kappa shape index (κ2) is 4.78. The number of nitrogens with two attached hydrogens (primary N) is 1. The Morgan fingerprint density at radius 1 is 1.05 bits per heavy atom. The summed E-state index contributed by atoms with van der Waals surface area (Å²) in [5.41, 5.74) is 8.22. The molecule has 3 aromatic rings. The van der Waals surface area contributed by atoms with Crippen LogP contribution in [0.15, 0.2) is 40.8 Å². The Hall–Kier alpha value is -2.27. The molecule has 0 saturated heterocycles. The minimum Gasteiger partial charge on any atom is -0.439 e. The van der Waals surface area contributed by atoms with Gasteiger partial charge in [0.1, 0.15) is 5.82 Å². The lowest BCUT2D eigenvalue weighted by Crippen LogP contribution is -2.02. The normalized spacial score (nSPS) is 11.1. The molecular weight excluding hydrogens is 245 g/mol. The molecule has 0 spiro atoms. The van der Waals surface area contributed by atoms with E-state index >= 15 is 0 Å². The molecule has 5 heteroatoms. The third-order valence-corrected chi connectivity index (χ3v) is 2.80. The topological polar surface area (TPSA) is 64.9 Å². The number of aromatic nitrogens is 2. The molecule has 0 unspecified atom stereocenters. The Balaban J connectivity index is 2.03. The van der Waals surface area contributed by atoms with Gasteiger partial charge in [-0.25, -0.2) is 9.37 Å². The second-order valence-corrected chi connectivity index (χ2v) is 4.17. The van der Waals surface area contributed by atoms with E-state index in [0.29, 0.717) is 30.1 Å². The molecule has 0 aliphatic rings. The molecule has 0 aliphatic carbocycles. The predicted octanol–water partition coefficient (Wildman–Crippen LogP) is 2.53. The summed E-state index contributed by atoms with van der Waals surface area (Å²) < 4.78 is 18.4. The van der Waals surface area contributed by atoms with Crippen molar-refractivity contribution >= 4 is 11.2 Å².